The van der Waals surface area contributed by atoms with E-state index in [0.29, 0.717) is 18.7 Å². The summed E-state index contributed by atoms with van der Waals surface area (Å²) >= 11 is 0. The van der Waals surface area contributed by atoms with Gasteiger partial charge in [0.25, 0.3) is 0 Å². The highest BCUT2D eigenvalue weighted by atomic mass is 16.3. The highest BCUT2D eigenvalue weighted by Gasteiger charge is 2.21. The van der Waals surface area contributed by atoms with Gasteiger partial charge in [-0.15, -0.1) is 0 Å². The van der Waals surface area contributed by atoms with Gasteiger partial charge in [-0.05, 0) is 6.92 Å². The van der Waals surface area contributed by atoms with E-state index < -0.39 is 6.04 Å². The molecule has 0 spiro atoms. The summed E-state index contributed by atoms with van der Waals surface area (Å²) in [6.45, 7) is 2.64. The molecule has 6 nitrogen and oxygen atoms in total. The van der Waals surface area contributed by atoms with Crippen molar-refractivity contribution in [3.63, 3.8) is 0 Å². The van der Waals surface area contributed by atoms with Gasteiger partial charge >= 0.3 is 0 Å². The fourth-order valence-corrected chi connectivity index (χ4v) is 1.48. The Balaban J connectivity index is 2.72. The predicted molar refractivity (Wildman–Crippen MR) is 59.5 cm³/mol. The number of carbonyl (C=O) groups is 1. The Labute approximate surface area is 94.6 Å². The van der Waals surface area contributed by atoms with Crippen molar-refractivity contribution in [1.82, 2.24) is 14.7 Å². The molecule has 0 fully saturated rings. The van der Waals surface area contributed by atoms with Crippen molar-refractivity contribution in [2.75, 3.05) is 19.7 Å². The Morgan fingerprint density at radius 3 is 2.88 bits per heavy atom. The molecular weight excluding hydrogens is 208 g/mol. The first-order valence-corrected chi connectivity index (χ1v) is 5.24. The molecule has 1 unspecified atom stereocenters. The first-order valence-electron chi connectivity index (χ1n) is 5.24. The van der Waals surface area contributed by atoms with Crippen LogP contribution in [0.2, 0.25) is 0 Å². The predicted octanol–water partition coefficient (Wildman–Crippen LogP) is -0.739. The largest absolute Gasteiger partial charge is 0.395 e. The average Bonchev–Trinajstić information content (AvgIpc) is 2.70. The summed E-state index contributed by atoms with van der Waals surface area (Å²) < 4.78 is 1.60. The number of carbonyl (C=O) groups excluding carboxylic acids is 1. The summed E-state index contributed by atoms with van der Waals surface area (Å²) in [6.07, 6.45) is 3.30. The minimum absolute atomic E-state index is 0.0562. The number of aliphatic hydroxyl groups excluding tert-OH is 1. The Bertz CT molecular complexity index is 350. The molecule has 0 aromatic carbocycles. The van der Waals surface area contributed by atoms with E-state index in [4.69, 9.17) is 10.8 Å². The molecule has 1 heterocycles. The number of nitrogens with two attached hydrogens (primary N) is 1. The molecule has 1 aromatic heterocycles. The van der Waals surface area contributed by atoms with E-state index in [-0.39, 0.29) is 12.5 Å². The van der Waals surface area contributed by atoms with Gasteiger partial charge in [0.15, 0.2) is 0 Å². The van der Waals surface area contributed by atoms with Gasteiger partial charge in [0.2, 0.25) is 5.91 Å². The van der Waals surface area contributed by atoms with Crippen LogP contribution in [-0.2, 0) is 11.8 Å². The van der Waals surface area contributed by atoms with Gasteiger partial charge in [0.05, 0.1) is 12.8 Å². The van der Waals surface area contributed by atoms with Crippen LogP contribution in [0.3, 0.4) is 0 Å². The highest BCUT2D eigenvalue weighted by Crippen LogP contribution is 2.11. The van der Waals surface area contributed by atoms with Gasteiger partial charge in [-0.3, -0.25) is 9.48 Å². The Hall–Kier alpha value is -1.40. The standard InChI is InChI=1S/C10H18N4O2/c1-3-14(4-5-15)10(16)9(11)8-6-12-13(2)7-8/h6-7,9,15H,3-5,11H2,1-2H3. The van der Waals surface area contributed by atoms with E-state index in [9.17, 15) is 4.79 Å². The maximum atomic E-state index is 11.9. The first-order chi connectivity index (χ1) is 7.60. The second-order valence-corrected chi connectivity index (χ2v) is 3.57. The van der Waals surface area contributed by atoms with Crippen LogP contribution in [0.5, 0.6) is 0 Å². The number of hydrogen-bond acceptors (Lipinski definition) is 4. The summed E-state index contributed by atoms with van der Waals surface area (Å²) in [5, 5.41) is 12.8. The lowest BCUT2D eigenvalue weighted by molar-refractivity contribution is -0.133. The minimum atomic E-state index is -0.708. The number of hydrogen-bond donors (Lipinski definition) is 2. The second kappa shape index (κ2) is 5.62. The van der Waals surface area contributed by atoms with Crippen LogP contribution in [0.15, 0.2) is 12.4 Å². The van der Waals surface area contributed by atoms with E-state index in [1.165, 1.54) is 4.90 Å². The van der Waals surface area contributed by atoms with Crippen LogP contribution in [0, 0.1) is 0 Å². The Morgan fingerprint density at radius 1 is 1.75 bits per heavy atom. The molecule has 0 aliphatic rings. The molecule has 0 bridgehead atoms. The maximum absolute atomic E-state index is 11.9. The Kier molecular flexibility index (Phi) is 4.45. The van der Waals surface area contributed by atoms with Crippen LogP contribution in [-0.4, -0.2) is 45.4 Å². The topological polar surface area (TPSA) is 84.4 Å². The molecule has 0 radical (unpaired) electrons. The normalized spacial score (nSPS) is 12.5. The molecule has 0 saturated carbocycles. The summed E-state index contributed by atoms with van der Waals surface area (Å²) in [6, 6.07) is -0.708. The van der Waals surface area contributed by atoms with Gasteiger partial charge < -0.3 is 15.7 Å². The molecule has 0 aliphatic carbocycles. The minimum Gasteiger partial charge on any atom is -0.395 e. The summed E-state index contributed by atoms with van der Waals surface area (Å²) in [5.41, 5.74) is 6.52. The van der Waals surface area contributed by atoms with Crippen LogP contribution in [0.4, 0.5) is 0 Å². The van der Waals surface area contributed by atoms with Crippen LogP contribution in [0.25, 0.3) is 0 Å². The fraction of sp³-hybridized carbons (Fsp3) is 0.600. The zero-order chi connectivity index (χ0) is 12.1. The van der Waals surface area contributed by atoms with Crippen molar-refractivity contribution in [3.05, 3.63) is 18.0 Å². The van der Waals surface area contributed by atoms with E-state index in [2.05, 4.69) is 5.10 Å². The fourth-order valence-electron chi connectivity index (χ4n) is 1.48. The zero-order valence-electron chi connectivity index (χ0n) is 9.63. The SMILES string of the molecule is CCN(CCO)C(=O)C(N)c1cnn(C)c1. The smallest absolute Gasteiger partial charge is 0.244 e. The van der Waals surface area contributed by atoms with E-state index in [1.807, 2.05) is 6.92 Å². The third-order valence-electron chi connectivity index (χ3n) is 2.41. The number of rotatable bonds is 5. The number of aromatic nitrogens is 2. The highest BCUT2D eigenvalue weighted by molar-refractivity contribution is 5.82. The number of likely N-dealkylation sites (N-methyl/N-ethyl adjacent to an activating group) is 1. The van der Waals surface area contributed by atoms with Crippen molar-refractivity contribution < 1.29 is 9.90 Å². The number of aliphatic hydroxyl groups is 1. The van der Waals surface area contributed by atoms with Gasteiger partial charge in [-0.25, -0.2) is 0 Å². The molecule has 3 N–H and O–H groups in total. The van der Waals surface area contributed by atoms with Crippen molar-refractivity contribution in [2.45, 2.75) is 13.0 Å². The van der Waals surface area contributed by atoms with Gasteiger partial charge in [-0.1, -0.05) is 0 Å². The second-order valence-electron chi connectivity index (χ2n) is 3.57. The lowest BCUT2D eigenvalue weighted by Crippen LogP contribution is -2.39. The van der Waals surface area contributed by atoms with E-state index >= 15 is 0 Å². The first kappa shape index (κ1) is 12.7. The molecule has 6 heteroatoms. The maximum Gasteiger partial charge on any atom is 0.244 e. The molecule has 1 aromatic rings. The average molecular weight is 226 g/mol. The number of nitrogens with zero attached hydrogens (tertiary/aromatic N) is 3. The molecule has 1 amide bonds. The van der Waals surface area contributed by atoms with Crippen molar-refractivity contribution in [3.8, 4) is 0 Å². The monoisotopic (exact) mass is 226 g/mol. The molecule has 0 saturated heterocycles. The lowest BCUT2D eigenvalue weighted by atomic mass is 10.1. The summed E-state index contributed by atoms with van der Waals surface area (Å²) in [5.74, 6) is -0.190. The van der Waals surface area contributed by atoms with E-state index in [0.717, 1.165) is 0 Å². The van der Waals surface area contributed by atoms with Gasteiger partial charge in [-0.2, -0.15) is 5.10 Å². The molecule has 0 aliphatic heterocycles. The van der Waals surface area contributed by atoms with Gasteiger partial charge in [0, 0.05) is 31.9 Å². The van der Waals surface area contributed by atoms with Crippen LogP contribution >= 0.6 is 0 Å². The summed E-state index contributed by atoms with van der Waals surface area (Å²) in [7, 11) is 1.77. The summed E-state index contributed by atoms with van der Waals surface area (Å²) in [4.78, 5) is 13.5. The van der Waals surface area contributed by atoms with Crippen molar-refractivity contribution in [1.29, 1.82) is 0 Å². The van der Waals surface area contributed by atoms with Crippen LogP contribution < -0.4 is 5.73 Å². The van der Waals surface area contributed by atoms with E-state index in [1.54, 1.807) is 24.1 Å². The van der Waals surface area contributed by atoms with Crippen molar-refractivity contribution in [2.24, 2.45) is 12.8 Å². The van der Waals surface area contributed by atoms with Crippen molar-refractivity contribution >= 4 is 5.91 Å². The number of aryl methyl sites for hydroxylation is 1. The number of amides is 1. The quantitative estimate of drug-likeness (QED) is 0.692. The third kappa shape index (κ3) is 2.80. The molecular formula is C10H18N4O2. The lowest BCUT2D eigenvalue weighted by Gasteiger charge is -2.22. The third-order valence-corrected chi connectivity index (χ3v) is 2.41. The van der Waals surface area contributed by atoms with Crippen LogP contribution in [0.1, 0.15) is 18.5 Å². The molecule has 90 valence electrons. The van der Waals surface area contributed by atoms with Gasteiger partial charge in [0.1, 0.15) is 6.04 Å². The molecule has 16 heavy (non-hydrogen) atoms. The zero-order valence-corrected chi connectivity index (χ0v) is 9.63. The Morgan fingerprint density at radius 2 is 2.44 bits per heavy atom. The molecule has 1 atom stereocenters. The molecule has 1 rings (SSSR count).